The maximum atomic E-state index is 5.13. The summed E-state index contributed by atoms with van der Waals surface area (Å²) in [4.78, 5) is 16.8. The Labute approximate surface area is 133 Å². The fourth-order valence-corrected chi connectivity index (χ4v) is 1.93. The van der Waals surface area contributed by atoms with E-state index >= 15 is 0 Å². The molecule has 0 amide bonds. The minimum atomic E-state index is 0.238. The summed E-state index contributed by atoms with van der Waals surface area (Å²) in [7, 11) is 1.52. The standard InChI is InChI=1S/C16H16N6O/c1-23-16-21-14(18-10-12-6-3-2-4-7-12)20-15(22-16)19-13-8-5-9-17-11-13/h2-9,11H,10H2,1H3,(H2,18,19,20,21,22). The van der Waals surface area contributed by atoms with E-state index in [4.69, 9.17) is 4.74 Å². The molecule has 7 nitrogen and oxygen atoms in total. The number of benzene rings is 1. The van der Waals surface area contributed by atoms with Crippen molar-refractivity contribution < 1.29 is 4.74 Å². The van der Waals surface area contributed by atoms with Crippen LogP contribution in [0.15, 0.2) is 54.9 Å². The molecule has 0 saturated carbocycles. The molecule has 3 aromatic rings. The first-order valence-corrected chi connectivity index (χ1v) is 7.08. The maximum absolute atomic E-state index is 5.13. The van der Waals surface area contributed by atoms with Crippen molar-refractivity contribution in [2.75, 3.05) is 17.7 Å². The summed E-state index contributed by atoms with van der Waals surface area (Å²) < 4.78 is 5.13. The first-order chi connectivity index (χ1) is 11.3. The third-order valence-electron chi connectivity index (χ3n) is 3.01. The molecule has 23 heavy (non-hydrogen) atoms. The first-order valence-electron chi connectivity index (χ1n) is 7.08. The van der Waals surface area contributed by atoms with Crippen LogP contribution in [0.3, 0.4) is 0 Å². The largest absolute Gasteiger partial charge is 0.467 e. The van der Waals surface area contributed by atoms with E-state index < -0.39 is 0 Å². The van der Waals surface area contributed by atoms with Crippen LogP contribution < -0.4 is 15.4 Å². The van der Waals surface area contributed by atoms with Gasteiger partial charge in [0.25, 0.3) is 0 Å². The Bertz CT molecular complexity index is 751. The van der Waals surface area contributed by atoms with Gasteiger partial charge in [0.2, 0.25) is 11.9 Å². The zero-order valence-electron chi connectivity index (χ0n) is 12.6. The third kappa shape index (κ3) is 4.13. The summed E-state index contributed by atoms with van der Waals surface area (Å²) in [6.45, 7) is 0.611. The molecule has 0 unspecified atom stereocenters. The van der Waals surface area contributed by atoms with Gasteiger partial charge in [0.05, 0.1) is 19.0 Å². The lowest BCUT2D eigenvalue weighted by Crippen LogP contribution is -2.08. The van der Waals surface area contributed by atoms with E-state index in [9.17, 15) is 0 Å². The predicted molar refractivity (Wildman–Crippen MR) is 87.7 cm³/mol. The van der Waals surface area contributed by atoms with Gasteiger partial charge in [-0.2, -0.15) is 15.0 Å². The molecule has 0 aliphatic heterocycles. The average molecular weight is 308 g/mol. The molecule has 7 heteroatoms. The minimum absolute atomic E-state index is 0.238. The van der Waals surface area contributed by atoms with Gasteiger partial charge in [0.15, 0.2) is 0 Å². The molecule has 0 atom stereocenters. The molecule has 2 heterocycles. The fourth-order valence-electron chi connectivity index (χ4n) is 1.93. The van der Waals surface area contributed by atoms with Crippen LogP contribution in [0.5, 0.6) is 6.01 Å². The molecule has 116 valence electrons. The summed E-state index contributed by atoms with van der Waals surface area (Å²) >= 11 is 0. The van der Waals surface area contributed by atoms with Crippen molar-refractivity contribution >= 4 is 17.6 Å². The van der Waals surface area contributed by atoms with E-state index in [0.29, 0.717) is 18.4 Å². The minimum Gasteiger partial charge on any atom is -0.467 e. The van der Waals surface area contributed by atoms with Crippen LogP contribution in [-0.2, 0) is 6.54 Å². The van der Waals surface area contributed by atoms with Gasteiger partial charge in [0.1, 0.15) is 0 Å². The number of nitrogens with zero attached hydrogens (tertiary/aromatic N) is 4. The summed E-state index contributed by atoms with van der Waals surface area (Å²) in [6, 6.07) is 13.9. The number of hydrogen-bond donors (Lipinski definition) is 2. The quantitative estimate of drug-likeness (QED) is 0.724. The van der Waals surface area contributed by atoms with Crippen LogP contribution in [0.25, 0.3) is 0 Å². The SMILES string of the molecule is COc1nc(NCc2ccccc2)nc(Nc2cccnc2)n1. The van der Waals surface area contributed by atoms with Crippen molar-refractivity contribution in [1.82, 2.24) is 19.9 Å². The monoisotopic (exact) mass is 308 g/mol. The van der Waals surface area contributed by atoms with Gasteiger partial charge in [0, 0.05) is 12.7 Å². The van der Waals surface area contributed by atoms with Crippen LogP contribution in [0.4, 0.5) is 17.6 Å². The Hall–Kier alpha value is -3.22. The van der Waals surface area contributed by atoms with Gasteiger partial charge in [-0.1, -0.05) is 30.3 Å². The Balaban J connectivity index is 1.76. The van der Waals surface area contributed by atoms with Crippen LogP contribution in [0.1, 0.15) is 5.56 Å². The second-order valence-corrected chi connectivity index (χ2v) is 4.68. The third-order valence-corrected chi connectivity index (χ3v) is 3.01. The molecule has 3 rings (SSSR count). The number of anilines is 3. The molecule has 0 aliphatic carbocycles. The molecule has 0 saturated heterocycles. The fraction of sp³-hybridized carbons (Fsp3) is 0.125. The molecule has 1 aromatic carbocycles. The Morgan fingerprint density at radius 2 is 1.78 bits per heavy atom. The normalized spacial score (nSPS) is 10.1. The number of nitrogens with one attached hydrogen (secondary N) is 2. The van der Waals surface area contributed by atoms with E-state index in [1.54, 1.807) is 12.4 Å². The maximum Gasteiger partial charge on any atom is 0.322 e. The summed E-state index contributed by atoms with van der Waals surface area (Å²) in [5.41, 5.74) is 1.92. The molecule has 0 aliphatic rings. The van der Waals surface area contributed by atoms with Crippen molar-refractivity contribution in [1.29, 1.82) is 0 Å². The van der Waals surface area contributed by atoms with Crippen LogP contribution in [0, 0.1) is 0 Å². The van der Waals surface area contributed by atoms with Crippen LogP contribution in [-0.4, -0.2) is 27.0 Å². The second-order valence-electron chi connectivity index (χ2n) is 4.68. The van der Waals surface area contributed by atoms with Gasteiger partial charge < -0.3 is 15.4 Å². The van der Waals surface area contributed by atoms with Crippen molar-refractivity contribution in [3.63, 3.8) is 0 Å². The molecular formula is C16H16N6O. The topological polar surface area (TPSA) is 84.9 Å². The van der Waals surface area contributed by atoms with E-state index in [-0.39, 0.29) is 6.01 Å². The van der Waals surface area contributed by atoms with Gasteiger partial charge in [-0.25, -0.2) is 0 Å². The highest BCUT2D eigenvalue weighted by Crippen LogP contribution is 2.16. The molecule has 2 N–H and O–H groups in total. The van der Waals surface area contributed by atoms with E-state index in [1.165, 1.54) is 7.11 Å². The van der Waals surface area contributed by atoms with Gasteiger partial charge in [-0.15, -0.1) is 0 Å². The second kappa shape index (κ2) is 7.17. The zero-order valence-corrected chi connectivity index (χ0v) is 12.6. The number of aromatic nitrogens is 4. The highest BCUT2D eigenvalue weighted by molar-refractivity contribution is 5.52. The molecule has 0 fully saturated rings. The van der Waals surface area contributed by atoms with Crippen molar-refractivity contribution in [3.8, 4) is 6.01 Å². The number of rotatable bonds is 6. The molecule has 0 bridgehead atoms. The van der Waals surface area contributed by atoms with Crippen molar-refractivity contribution in [2.24, 2.45) is 0 Å². The molecule has 0 radical (unpaired) electrons. The predicted octanol–water partition coefficient (Wildman–Crippen LogP) is 2.63. The highest BCUT2D eigenvalue weighted by atomic mass is 16.5. The van der Waals surface area contributed by atoms with E-state index in [1.807, 2.05) is 42.5 Å². The average Bonchev–Trinajstić information content (AvgIpc) is 2.61. The van der Waals surface area contributed by atoms with Gasteiger partial charge in [-0.05, 0) is 17.7 Å². The van der Waals surface area contributed by atoms with Gasteiger partial charge >= 0.3 is 6.01 Å². The first kappa shape index (κ1) is 14.7. The summed E-state index contributed by atoms with van der Waals surface area (Å²) in [5, 5.41) is 6.24. The number of methoxy groups -OCH3 is 1. The van der Waals surface area contributed by atoms with Crippen molar-refractivity contribution in [3.05, 3.63) is 60.4 Å². The Kier molecular flexibility index (Phi) is 4.58. The molecule has 0 spiro atoms. The Morgan fingerprint density at radius 3 is 2.52 bits per heavy atom. The zero-order chi connectivity index (χ0) is 15.9. The van der Waals surface area contributed by atoms with E-state index in [2.05, 4.69) is 30.6 Å². The summed E-state index contributed by atoms with van der Waals surface area (Å²) in [5.74, 6) is 0.826. The Morgan fingerprint density at radius 1 is 0.957 bits per heavy atom. The summed E-state index contributed by atoms with van der Waals surface area (Å²) in [6.07, 6.45) is 3.39. The molecule has 2 aromatic heterocycles. The number of hydrogen-bond acceptors (Lipinski definition) is 7. The van der Waals surface area contributed by atoms with Crippen molar-refractivity contribution in [2.45, 2.75) is 6.54 Å². The molecular weight excluding hydrogens is 292 g/mol. The highest BCUT2D eigenvalue weighted by Gasteiger charge is 2.07. The number of pyridine rings is 1. The lowest BCUT2D eigenvalue weighted by Gasteiger charge is -2.09. The van der Waals surface area contributed by atoms with E-state index in [0.717, 1.165) is 11.3 Å². The smallest absolute Gasteiger partial charge is 0.322 e. The lowest BCUT2D eigenvalue weighted by atomic mass is 10.2. The van der Waals surface area contributed by atoms with Gasteiger partial charge in [-0.3, -0.25) is 4.98 Å². The number of ether oxygens (including phenoxy) is 1. The van der Waals surface area contributed by atoms with Crippen LogP contribution >= 0.6 is 0 Å². The van der Waals surface area contributed by atoms with Crippen LogP contribution in [0.2, 0.25) is 0 Å². The lowest BCUT2D eigenvalue weighted by molar-refractivity contribution is 0.379.